The zero-order chi connectivity index (χ0) is 17.3. The van der Waals surface area contributed by atoms with Crippen LogP contribution in [0.4, 0.5) is 0 Å². The van der Waals surface area contributed by atoms with Crippen LogP contribution in [-0.4, -0.2) is 33.3 Å². The molecule has 6 nitrogen and oxygen atoms in total. The van der Waals surface area contributed by atoms with Gasteiger partial charge in [-0.15, -0.1) is 0 Å². The van der Waals surface area contributed by atoms with Crippen LogP contribution in [0.1, 0.15) is 40.7 Å². The van der Waals surface area contributed by atoms with Crippen LogP contribution in [0.5, 0.6) is 0 Å². The summed E-state index contributed by atoms with van der Waals surface area (Å²) in [7, 11) is 1.93. The van der Waals surface area contributed by atoms with E-state index in [0.29, 0.717) is 13.0 Å². The van der Waals surface area contributed by atoms with E-state index in [1.807, 2.05) is 44.6 Å². The highest BCUT2D eigenvalue weighted by molar-refractivity contribution is 5.78. The summed E-state index contributed by atoms with van der Waals surface area (Å²) in [6.45, 7) is 6.60. The number of hydrogen-bond donors (Lipinski definition) is 1. The van der Waals surface area contributed by atoms with Gasteiger partial charge in [0.1, 0.15) is 6.10 Å². The Morgan fingerprint density at radius 3 is 2.79 bits per heavy atom. The molecule has 24 heavy (non-hydrogen) atoms. The maximum atomic E-state index is 12.4. The number of amides is 1. The number of carbonyl (C=O) groups excluding carboxylic acids is 1. The molecular weight excluding hydrogens is 304 g/mol. The Kier molecular flexibility index (Phi) is 4.66. The average Bonchev–Trinajstić information content (AvgIpc) is 3.06. The van der Waals surface area contributed by atoms with Gasteiger partial charge in [0.25, 0.3) is 0 Å². The van der Waals surface area contributed by atoms with Gasteiger partial charge in [-0.25, -0.2) is 0 Å². The maximum Gasteiger partial charge on any atom is 0.224 e. The molecule has 0 aliphatic carbocycles. The minimum absolute atomic E-state index is 0.000324. The largest absolute Gasteiger partial charge is 0.371 e. The Labute approximate surface area is 142 Å². The Balaban J connectivity index is 1.69. The Hall–Kier alpha value is -2.21. The first-order valence-corrected chi connectivity index (χ1v) is 8.28. The molecule has 128 valence electrons. The summed E-state index contributed by atoms with van der Waals surface area (Å²) in [5.74, 6) is 0.000324. The third kappa shape index (κ3) is 3.33. The van der Waals surface area contributed by atoms with Crippen molar-refractivity contribution in [1.29, 1.82) is 0 Å². The lowest BCUT2D eigenvalue weighted by Gasteiger charge is -2.20. The van der Waals surface area contributed by atoms with Crippen molar-refractivity contribution in [3.63, 3.8) is 0 Å². The van der Waals surface area contributed by atoms with Gasteiger partial charge in [0, 0.05) is 36.8 Å². The summed E-state index contributed by atoms with van der Waals surface area (Å²) in [4.78, 5) is 16.6. The lowest BCUT2D eigenvalue weighted by molar-refractivity contribution is -0.121. The fraction of sp³-hybridized carbons (Fsp3) is 0.500. The lowest BCUT2D eigenvalue weighted by atomic mass is 10.00. The average molecular weight is 328 g/mol. The van der Waals surface area contributed by atoms with E-state index >= 15 is 0 Å². The Morgan fingerprint density at radius 2 is 2.17 bits per heavy atom. The molecule has 0 aromatic carbocycles. The normalized spacial score (nSPS) is 20.3. The van der Waals surface area contributed by atoms with E-state index in [1.165, 1.54) is 0 Å². The van der Waals surface area contributed by atoms with Crippen molar-refractivity contribution in [2.24, 2.45) is 7.05 Å². The zero-order valence-corrected chi connectivity index (χ0v) is 14.7. The molecule has 1 aliphatic rings. The molecule has 2 atom stereocenters. The van der Waals surface area contributed by atoms with Crippen molar-refractivity contribution in [3.8, 4) is 0 Å². The molecule has 2 aromatic heterocycles. The second-order valence-corrected chi connectivity index (χ2v) is 6.45. The van der Waals surface area contributed by atoms with Crippen molar-refractivity contribution in [2.45, 2.75) is 45.8 Å². The van der Waals surface area contributed by atoms with Crippen LogP contribution >= 0.6 is 0 Å². The highest BCUT2D eigenvalue weighted by atomic mass is 16.5. The fourth-order valence-corrected chi connectivity index (χ4v) is 3.27. The Bertz CT molecular complexity index is 736. The van der Waals surface area contributed by atoms with Crippen LogP contribution in [0.25, 0.3) is 0 Å². The molecule has 1 amide bonds. The molecule has 2 aromatic rings. The van der Waals surface area contributed by atoms with E-state index in [-0.39, 0.29) is 18.1 Å². The molecule has 0 radical (unpaired) electrons. The number of carbonyl (C=O) groups is 1. The number of nitrogens with one attached hydrogen (secondary N) is 1. The first-order chi connectivity index (χ1) is 11.5. The lowest BCUT2D eigenvalue weighted by Crippen LogP contribution is -2.38. The van der Waals surface area contributed by atoms with Crippen molar-refractivity contribution < 1.29 is 9.53 Å². The van der Waals surface area contributed by atoms with Crippen molar-refractivity contribution in [3.05, 3.63) is 46.5 Å². The fourth-order valence-electron chi connectivity index (χ4n) is 3.27. The molecule has 0 unspecified atom stereocenters. The second-order valence-electron chi connectivity index (χ2n) is 6.45. The molecular formula is C18H24N4O2. The highest BCUT2D eigenvalue weighted by Gasteiger charge is 2.34. The van der Waals surface area contributed by atoms with Crippen LogP contribution in [0, 0.1) is 20.8 Å². The molecule has 3 rings (SSSR count). The van der Waals surface area contributed by atoms with Gasteiger partial charge in [-0.1, -0.05) is 6.07 Å². The first kappa shape index (κ1) is 16.6. The van der Waals surface area contributed by atoms with Crippen LogP contribution in [0.3, 0.4) is 0 Å². The molecule has 0 spiro atoms. The number of ether oxygens (including phenoxy) is 1. The van der Waals surface area contributed by atoms with Crippen molar-refractivity contribution in [2.75, 3.05) is 6.61 Å². The predicted molar refractivity (Wildman–Crippen MR) is 90.6 cm³/mol. The number of nitrogens with zero attached hydrogens (tertiary/aromatic N) is 3. The predicted octanol–water partition coefficient (Wildman–Crippen LogP) is 1.93. The summed E-state index contributed by atoms with van der Waals surface area (Å²) in [5, 5.41) is 7.59. The van der Waals surface area contributed by atoms with Gasteiger partial charge in [0.2, 0.25) is 5.91 Å². The minimum Gasteiger partial charge on any atom is -0.371 e. The number of hydrogen-bond acceptors (Lipinski definition) is 4. The molecule has 1 aliphatic heterocycles. The summed E-state index contributed by atoms with van der Waals surface area (Å²) in [5.41, 5.74) is 5.01. The third-order valence-electron chi connectivity index (χ3n) is 4.62. The minimum atomic E-state index is -0.126. The van der Waals surface area contributed by atoms with Crippen molar-refractivity contribution in [1.82, 2.24) is 20.1 Å². The van der Waals surface area contributed by atoms with Gasteiger partial charge in [-0.3, -0.25) is 14.5 Å². The second kappa shape index (κ2) is 6.73. The molecule has 6 heteroatoms. The molecule has 1 fully saturated rings. The Morgan fingerprint density at radius 1 is 1.38 bits per heavy atom. The van der Waals surface area contributed by atoms with Gasteiger partial charge in [-0.05, 0) is 38.8 Å². The number of aromatic nitrogens is 3. The SMILES string of the molecule is Cc1ccc(CC(=O)N[C@H]2CCO[C@@H]2c2c(C)nn(C)c2C)cn1. The van der Waals surface area contributed by atoms with Gasteiger partial charge in [-0.2, -0.15) is 5.10 Å². The molecule has 0 bridgehead atoms. The maximum absolute atomic E-state index is 12.4. The topological polar surface area (TPSA) is 69.0 Å². The molecule has 1 saturated heterocycles. The van der Waals surface area contributed by atoms with Gasteiger partial charge in [0.15, 0.2) is 0 Å². The van der Waals surface area contributed by atoms with E-state index in [2.05, 4.69) is 15.4 Å². The van der Waals surface area contributed by atoms with E-state index < -0.39 is 0 Å². The highest BCUT2D eigenvalue weighted by Crippen LogP contribution is 2.33. The van der Waals surface area contributed by atoms with Gasteiger partial charge in [0.05, 0.1) is 18.2 Å². The molecule has 3 heterocycles. The monoisotopic (exact) mass is 328 g/mol. The standard InChI is InChI=1S/C18H24N4O2/c1-11-5-6-14(10-19-11)9-16(23)20-15-7-8-24-18(15)17-12(2)21-22(4)13(17)3/h5-6,10,15,18H,7-9H2,1-4H3,(H,20,23)/t15-,18-/m0/s1. The van der Waals surface area contributed by atoms with Crippen LogP contribution < -0.4 is 5.32 Å². The van der Waals surface area contributed by atoms with Gasteiger partial charge < -0.3 is 10.1 Å². The van der Waals surface area contributed by atoms with E-state index in [4.69, 9.17) is 4.74 Å². The summed E-state index contributed by atoms with van der Waals surface area (Å²) >= 11 is 0. The van der Waals surface area contributed by atoms with Crippen molar-refractivity contribution >= 4 is 5.91 Å². The number of rotatable bonds is 4. The van der Waals surface area contributed by atoms with E-state index in [0.717, 1.165) is 34.6 Å². The summed E-state index contributed by atoms with van der Waals surface area (Å²) < 4.78 is 7.78. The summed E-state index contributed by atoms with van der Waals surface area (Å²) in [6.07, 6.45) is 2.78. The summed E-state index contributed by atoms with van der Waals surface area (Å²) in [6, 6.07) is 3.85. The smallest absolute Gasteiger partial charge is 0.224 e. The van der Waals surface area contributed by atoms with E-state index in [9.17, 15) is 4.79 Å². The van der Waals surface area contributed by atoms with Crippen LogP contribution in [-0.2, 0) is 23.0 Å². The van der Waals surface area contributed by atoms with Gasteiger partial charge >= 0.3 is 0 Å². The molecule has 0 saturated carbocycles. The quantitative estimate of drug-likeness (QED) is 0.931. The van der Waals surface area contributed by atoms with Crippen LogP contribution in [0.2, 0.25) is 0 Å². The zero-order valence-electron chi connectivity index (χ0n) is 14.7. The van der Waals surface area contributed by atoms with E-state index in [1.54, 1.807) is 6.20 Å². The number of pyridine rings is 1. The van der Waals surface area contributed by atoms with Crippen LogP contribution in [0.15, 0.2) is 18.3 Å². The molecule has 1 N–H and O–H groups in total. The third-order valence-corrected chi connectivity index (χ3v) is 4.62. The first-order valence-electron chi connectivity index (χ1n) is 8.28. The number of aryl methyl sites for hydroxylation is 3.